The Morgan fingerprint density at radius 1 is 0.611 bits per heavy atom. The number of rotatable bonds is 15. The van der Waals surface area contributed by atoms with Gasteiger partial charge in [0.05, 0.1) is 0 Å². The highest BCUT2D eigenvalue weighted by molar-refractivity contribution is 7.80. The molecule has 1 nitrogen and oxygen atoms in total. The SMILES string of the molecule is CCCCCCCCNCCCCCCCCS. The monoisotopic (exact) mass is 273 g/mol. The third-order valence-corrected chi connectivity index (χ3v) is 3.79. The molecule has 0 aliphatic heterocycles. The summed E-state index contributed by atoms with van der Waals surface area (Å²) in [5.74, 6) is 1.06. The maximum atomic E-state index is 4.23. The van der Waals surface area contributed by atoms with E-state index in [9.17, 15) is 0 Å². The van der Waals surface area contributed by atoms with E-state index < -0.39 is 0 Å². The fourth-order valence-corrected chi connectivity index (χ4v) is 2.45. The van der Waals surface area contributed by atoms with Crippen LogP contribution in [0.5, 0.6) is 0 Å². The van der Waals surface area contributed by atoms with Crippen LogP contribution in [0.4, 0.5) is 0 Å². The predicted molar refractivity (Wildman–Crippen MR) is 87.8 cm³/mol. The topological polar surface area (TPSA) is 12.0 Å². The van der Waals surface area contributed by atoms with Crippen molar-refractivity contribution >= 4 is 12.6 Å². The summed E-state index contributed by atoms with van der Waals surface area (Å²) in [5, 5.41) is 3.57. The lowest BCUT2D eigenvalue weighted by molar-refractivity contribution is 0.544. The smallest absolute Gasteiger partial charge is 0.00489 e. The van der Waals surface area contributed by atoms with E-state index in [2.05, 4.69) is 24.9 Å². The highest BCUT2D eigenvalue weighted by atomic mass is 32.1. The standard InChI is InChI=1S/C16H35NS/c1-2-3-4-5-8-11-14-17-15-12-9-6-7-10-13-16-18/h17-18H,2-16H2,1H3. The molecule has 0 aliphatic rings. The molecular formula is C16H35NS. The molecule has 0 bridgehead atoms. The number of hydrogen-bond donors (Lipinski definition) is 2. The van der Waals surface area contributed by atoms with Crippen molar-refractivity contribution in [2.45, 2.75) is 84.0 Å². The van der Waals surface area contributed by atoms with Crippen LogP contribution in [0.15, 0.2) is 0 Å². The first-order valence-electron chi connectivity index (χ1n) is 8.23. The van der Waals surface area contributed by atoms with Crippen LogP contribution in [0.3, 0.4) is 0 Å². The van der Waals surface area contributed by atoms with E-state index in [4.69, 9.17) is 0 Å². The van der Waals surface area contributed by atoms with Gasteiger partial charge in [0.15, 0.2) is 0 Å². The summed E-state index contributed by atoms with van der Waals surface area (Å²) >= 11 is 4.23. The van der Waals surface area contributed by atoms with Crippen LogP contribution in [0.25, 0.3) is 0 Å². The second kappa shape index (κ2) is 17.3. The molecule has 0 aromatic rings. The van der Waals surface area contributed by atoms with Gasteiger partial charge in [-0.05, 0) is 38.1 Å². The van der Waals surface area contributed by atoms with Gasteiger partial charge in [0.2, 0.25) is 0 Å². The van der Waals surface area contributed by atoms with Gasteiger partial charge in [-0.2, -0.15) is 12.6 Å². The second-order valence-electron chi connectivity index (χ2n) is 5.36. The van der Waals surface area contributed by atoms with Crippen LogP contribution in [0.1, 0.15) is 84.0 Å². The number of thiol groups is 1. The van der Waals surface area contributed by atoms with Gasteiger partial charge in [0.25, 0.3) is 0 Å². The highest BCUT2D eigenvalue weighted by Gasteiger charge is 1.92. The van der Waals surface area contributed by atoms with Crippen LogP contribution < -0.4 is 5.32 Å². The lowest BCUT2D eigenvalue weighted by Crippen LogP contribution is -2.16. The number of unbranched alkanes of at least 4 members (excludes halogenated alkanes) is 10. The van der Waals surface area contributed by atoms with Crippen molar-refractivity contribution in [3.05, 3.63) is 0 Å². The normalized spacial score (nSPS) is 11.0. The van der Waals surface area contributed by atoms with E-state index in [0.717, 1.165) is 5.75 Å². The van der Waals surface area contributed by atoms with Crippen LogP contribution in [0, 0.1) is 0 Å². The number of nitrogens with one attached hydrogen (secondary N) is 1. The largest absolute Gasteiger partial charge is 0.317 e. The molecule has 0 rings (SSSR count). The molecule has 0 radical (unpaired) electrons. The molecule has 18 heavy (non-hydrogen) atoms. The number of hydrogen-bond acceptors (Lipinski definition) is 2. The minimum absolute atomic E-state index is 1.06. The van der Waals surface area contributed by atoms with Crippen LogP contribution in [-0.2, 0) is 0 Å². The first kappa shape index (κ1) is 18.3. The van der Waals surface area contributed by atoms with Crippen molar-refractivity contribution in [3.8, 4) is 0 Å². The van der Waals surface area contributed by atoms with Gasteiger partial charge in [-0.1, -0.05) is 64.7 Å². The van der Waals surface area contributed by atoms with Gasteiger partial charge in [0.1, 0.15) is 0 Å². The Balaban J connectivity index is 2.86. The lowest BCUT2D eigenvalue weighted by Gasteiger charge is -2.05. The summed E-state index contributed by atoms with van der Waals surface area (Å²) in [6.07, 6.45) is 16.6. The Morgan fingerprint density at radius 3 is 1.56 bits per heavy atom. The third kappa shape index (κ3) is 16.3. The minimum Gasteiger partial charge on any atom is -0.317 e. The van der Waals surface area contributed by atoms with Gasteiger partial charge in [-0.15, -0.1) is 0 Å². The Bertz CT molecular complexity index is 123. The van der Waals surface area contributed by atoms with Crippen molar-refractivity contribution < 1.29 is 0 Å². The van der Waals surface area contributed by atoms with Gasteiger partial charge < -0.3 is 5.32 Å². The van der Waals surface area contributed by atoms with E-state index in [1.807, 2.05) is 0 Å². The highest BCUT2D eigenvalue weighted by Crippen LogP contribution is 2.06. The summed E-state index contributed by atoms with van der Waals surface area (Å²) in [6, 6.07) is 0. The van der Waals surface area contributed by atoms with E-state index in [0.29, 0.717) is 0 Å². The molecule has 0 aromatic carbocycles. The van der Waals surface area contributed by atoms with E-state index in [-0.39, 0.29) is 0 Å². The molecular weight excluding hydrogens is 238 g/mol. The zero-order valence-corrected chi connectivity index (χ0v) is 13.4. The Kier molecular flexibility index (Phi) is 17.6. The Hall–Kier alpha value is 0.310. The van der Waals surface area contributed by atoms with Crippen molar-refractivity contribution in [3.63, 3.8) is 0 Å². The first-order valence-corrected chi connectivity index (χ1v) is 8.86. The van der Waals surface area contributed by atoms with Gasteiger partial charge in [0, 0.05) is 0 Å². The molecule has 2 heteroatoms. The molecule has 0 fully saturated rings. The molecule has 0 spiro atoms. The minimum atomic E-state index is 1.06. The Morgan fingerprint density at radius 2 is 1.06 bits per heavy atom. The zero-order valence-electron chi connectivity index (χ0n) is 12.6. The summed E-state index contributed by atoms with van der Waals surface area (Å²) < 4.78 is 0. The van der Waals surface area contributed by atoms with Crippen molar-refractivity contribution in [1.29, 1.82) is 0 Å². The summed E-state index contributed by atoms with van der Waals surface area (Å²) in [4.78, 5) is 0. The van der Waals surface area contributed by atoms with E-state index in [1.165, 1.54) is 90.1 Å². The molecule has 110 valence electrons. The summed E-state index contributed by atoms with van der Waals surface area (Å²) in [7, 11) is 0. The van der Waals surface area contributed by atoms with E-state index >= 15 is 0 Å². The molecule has 0 atom stereocenters. The van der Waals surface area contributed by atoms with Crippen molar-refractivity contribution in [2.24, 2.45) is 0 Å². The van der Waals surface area contributed by atoms with Gasteiger partial charge in [-0.25, -0.2) is 0 Å². The molecule has 0 saturated heterocycles. The average molecular weight is 274 g/mol. The fraction of sp³-hybridized carbons (Fsp3) is 1.00. The predicted octanol–water partition coefficient (Wildman–Crippen LogP) is 5.21. The lowest BCUT2D eigenvalue weighted by atomic mass is 10.1. The molecule has 0 aromatic heterocycles. The average Bonchev–Trinajstić information content (AvgIpc) is 2.39. The van der Waals surface area contributed by atoms with Crippen LogP contribution in [0.2, 0.25) is 0 Å². The first-order chi connectivity index (χ1) is 8.91. The maximum Gasteiger partial charge on any atom is -0.00489 e. The second-order valence-corrected chi connectivity index (χ2v) is 5.81. The maximum absolute atomic E-state index is 4.23. The summed E-state index contributed by atoms with van der Waals surface area (Å²) in [6.45, 7) is 4.73. The van der Waals surface area contributed by atoms with Gasteiger partial charge in [-0.3, -0.25) is 0 Å². The molecule has 1 N–H and O–H groups in total. The van der Waals surface area contributed by atoms with Gasteiger partial charge >= 0.3 is 0 Å². The van der Waals surface area contributed by atoms with Crippen LogP contribution in [-0.4, -0.2) is 18.8 Å². The molecule has 0 amide bonds. The Labute approximate surface area is 121 Å². The van der Waals surface area contributed by atoms with Crippen molar-refractivity contribution in [2.75, 3.05) is 18.8 Å². The third-order valence-electron chi connectivity index (χ3n) is 3.47. The molecule has 0 saturated carbocycles. The summed E-state index contributed by atoms with van der Waals surface area (Å²) in [5.41, 5.74) is 0. The molecule has 0 aliphatic carbocycles. The van der Waals surface area contributed by atoms with Crippen LogP contribution >= 0.6 is 12.6 Å². The molecule has 0 unspecified atom stereocenters. The molecule has 0 heterocycles. The van der Waals surface area contributed by atoms with E-state index in [1.54, 1.807) is 0 Å². The van der Waals surface area contributed by atoms with Crippen molar-refractivity contribution in [1.82, 2.24) is 5.32 Å². The fourth-order valence-electron chi connectivity index (χ4n) is 2.22. The zero-order chi connectivity index (χ0) is 13.3. The quantitative estimate of drug-likeness (QED) is 0.308.